The molecule has 24 heavy (non-hydrogen) atoms. The van der Waals surface area contributed by atoms with Crippen molar-refractivity contribution in [1.82, 2.24) is 9.80 Å². The predicted molar refractivity (Wildman–Crippen MR) is 101 cm³/mol. The molecule has 2 heterocycles. The Balaban J connectivity index is 1.55. The minimum atomic E-state index is 0.0850. The molecule has 3 rings (SSSR count). The minimum Gasteiger partial charge on any atom is -0.337 e. The van der Waals surface area contributed by atoms with Gasteiger partial charge in [0, 0.05) is 26.2 Å². The van der Waals surface area contributed by atoms with Crippen molar-refractivity contribution >= 4 is 28.8 Å². The highest BCUT2D eigenvalue weighted by Gasteiger charge is 2.27. The molecule has 1 aliphatic heterocycles. The number of hydrogen-bond donors (Lipinski definition) is 0. The SMILES string of the molecule is CN(C(=O)c1ccc(Cl)s1)[C@H]1CCCN(CCc2ccccc2)C1. The second-order valence-corrected chi connectivity index (χ2v) is 8.07. The van der Waals surface area contributed by atoms with Gasteiger partial charge in [0.15, 0.2) is 0 Å². The van der Waals surface area contributed by atoms with Gasteiger partial charge in [-0.15, -0.1) is 11.3 Å². The van der Waals surface area contributed by atoms with E-state index in [-0.39, 0.29) is 11.9 Å². The van der Waals surface area contributed by atoms with Crippen molar-refractivity contribution in [2.75, 3.05) is 26.7 Å². The van der Waals surface area contributed by atoms with E-state index in [9.17, 15) is 4.79 Å². The molecule has 2 aromatic rings. The Bertz CT molecular complexity index is 673. The van der Waals surface area contributed by atoms with Gasteiger partial charge in [-0.1, -0.05) is 41.9 Å². The average molecular weight is 363 g/mol. The first-order chi connectivity index (χ1) is 11.6. The summed E-state index contributed by atoms with van der Waals surface area (Å²) in [7, 11) is 1.92. The quantitative estimate of drug-likeness (QED) is 0.796. The molecule has 0 spiro atoms. The van der Waals surface area contributed by atoms with Gasteiger partial charge >= 0.3 is 0 Å². The number of likely N-dealkylation sites (N-methyl/N-ethyl adjacent to an activating group) is 1. The Hall–Kier alpha value is -1.36. The number of hydrogen-bond acceptors (Lipinski definition) is 3. The summed E-state index contributed by atoms with van der Waals surface area (Å²) >= 11 is 7.31. The van der Waals surface area contributed by atoms with Crippen molar-refractivity contribution in [1.29, 1.82) is 0 Å². The number of nitrogens with zero attached hydrogens (tertiary/aromatic N) is 2. The van der Waals surface area contributed by atoms with E-state index in [1.807, 2.05) is 18.0 Å². The Morgan fingerprint density at radius 1 is 1.29 bits per heavy atom. The first kappa shape index (κ1) is 17.5. The topological polar surface area (TPSA) is 23.6 Å². The van der Waals surface area contributed by atoms with E-state index in [4.69, 9.17) is 11.6 Å². The normalized spacial score (nSPS) is 18.5. The van der Waals surface area contributed by atoms with Gasteiger partial charge in [0.1, 0.15) is 0 Å². The van der Waals surface area contributed by atoms with E-state index in [0.29, 0.717) is 4.34 Å². The van der Waals surface area contributed by atoms with Gasteiger partial charge in [0.05, 0.1) is 9.21 Å². The maximum atomic E-state index is 12.6. The molecule has 0 N–H and O–H groups in total. The summed E-state index contributed by atoms with van der Waals surface area (Å²) < 4.78 is 0.667. The number of benzene rings is 1. The number of carbonyl (C=O) groups is 1. The fourth-order valence-electron chi connectivity index (χ4n) is 3.25. The summed E-state index contributed by atoms with van der Waals surface area (Å²) in [5.41, 5.74) is 1.37. The lowest BCUT2D eigenvalue weighted by molar-refractivity contribution is 0.0624. The third-order valence-corrected chi connectivity index (χ3v) is 5.91. The number of piperidine rings is 1. The van der Waals surface area contributed by atoms with Gasteiger partial charge in [-0.05, 0) is 43.5 Å². The van der Waals surface area contributed by atoms with E-state index in [2.05, 4.69) is 35.2 Å². The molecule has 1 saturated heterocycles. The van der Waals surface area contributed by atoms with Crippen LogP contribution < -0.4 is 0 Å². The van der Waals surface area contributed by atoms with E-state index in [0.717, 1.165) is 43.8 Å². The molecule has 1 amide bonds. The van der Waals surface area contributed by atoms with Crippen LogP contribution in [-0.4, -0.2) is 48.4 Å². The summed E-state index contributed by atoms with van der Waals surface area (Å²) in [6, 6.07) is 14.5. The van der Waals surface area contributed by atoms with E-state index >= 15 is 0 Å². The number of carbonyl (C=O) groups excluding carboxylic acids is 1. The van der Waals surface area contributed by atoms with Crippen LogP contribution in [0.5, 0.6) is 0 Å². The maximum absolute atomic E-state index is 12.6. The lowest BCUT2D eigenvalue weighted by Gasteiger charge is -2.37. The van der Waals surface area contributed by atoms with Gasteiger partial charge in [-0.2, -0.15) is 0 Å². The van der Waals surface area contributed by atoms with Crippen LogP contribution in [0.15, 0.2) is 42.5 Å². The van der Waals surface area contributed by atoms with Crippen molar-refractivity contribution < 1.29 is 4.79 Å². The van der Waals surface area contributed by atoms with Crippen LogP contribution in [0.2, 0.25) is 4.34 Å². The third-order valence-electron chi connectivity index (χ3n) is 4.69. The summed E-state index contributed by atoms with van der Waals surface area (Å²) in [4.78, 5) is 17.7. The molecule has 0 radical (unpaired) electrons. The number of likely N-dealkylation sites (tertiary alicyclic amines) is 1. The molecule has 1 aliphatic rings. The molecule has 1 atom stereocenters. The Morgan fingerprint density at radius 2 is 2.08 bits per heavy atom. The zero-order valence-electron chi connectivity index (χ0n) is 14.0. The van der Waals surface area contributed by atoms with Crippen LogP contribution >= 0.6 is 22.9 Å². The molecule has 0 saturated carbocycles. The van der Waals surface area contributed by atoms with Crippen LogP contribution in [0.3, 0.4) is 0 Å². The predicted octanol–water partition coefficient (Wildman–Crippen LogP) is 4.18. The van der Waals surface area contributed by atoms with E-state index < -0.39 is 0 Å². The van der Waals surface area contributed by atoms with Crippen molar-refractivity contribution in [3.63, 3.8) is 0 Å². The van der Waals surface area contributed by atoms with Crippen molar-refractivity contribution in [2.24, 2.45) is 0 Å². The molecule has 1 aromatic carbocycles. The zero-order chi connectivity index (χ0) is 16.9. The standard InChI is InChI=1S/C19H23ClN2OS/c1-21(19(23)17-9-10-18(20)24-17)16-8-5-12-22(14-16)13-11-15-6-3-2-4-7-15/h2-4,6-7,9-10,16H,5,8,11-14H2,1H3/t16-/m0/s1. The number of thiophene rings is 1. The van der Waals surface area contributed by atoms with Crippen LogP contribution in [0, 0.1) is 0 Å². The summed E-state index contributed by atoms with van der Waals surface area (Å²) in [5, 5.41) is 0. The highest BCUT2D eigenvalue weighted by molar-refractivity contribution is 7.17. The van der Waals surface area contributed by atoms with Crippen LogP contribution in [0.25, 0.3) is 0 Å². The lowest BCUT2D eigenvalue weighted by Crippen LogP contribution is -2.48. The summed E-state index contributed by atoms with van der Waals surface area (Å²) in [5.74, 6) is 0.0850. The van der Waals surface area contributed by atoms with Crippen LogP contribution in [0.1, 0.15) is 28.1 Å². The highest BCUT2D eigenvalue weighted by Crippen LogP contribution is 2.24. The number of rotatable bonds is 5. The molecule has 1 fully saturated rings. The van der Waals surface area contributed by atoms with Crippen molar-refractivity contribution in [3.05, 3.63) is 57.2 Å². The Kier molecular flexibility index (Phi) is 5.93. The highest BCUT2D eigenvalue weighted by atomic mass is 35.5. The lowest BCUT2D eigenvalue weighted by atomic mass is 10.0. The maximum Gasteiger partial charge on any atom is 0.264 e. The summed E-state index contributed by atoms with van der Waals surface area (Å²) in [6.07, 6.45) is 3.28. The third kappa shape index (κ3) is 4.38. The van der Waals surface area contributed by atoms with Gasteiger partial charge in [-0.25, -0.2) is 0 Å². The second kappa shape index (κ2) is 8.15. The number of halogens is 1. The average Bonchev–Trinajstić information content (AvgIpc) is 3.06. The minimum absolute atomic E-state index is 0.0850. The monoisotopic (exact) mass is 362 g/mol. The largest absolute Gasteiger partial charge is 0.337 e. The molecule has 0 unspecified atom stereocenters. The van der Waals surface area contributed by atoms with Crippen LogP contribution in [0.4, 0.5) is 0 Å². The Morgan fingerprint density at radius 3 is 2.79 bits per heavy atom. The number of amides is 1. The van der Waals surface area contributed by atoms with Crippen molar-refractivity contribution in [3.8, 4) is 0 Å². The molecular weight excluding hydrogens is 340 g/mol. The fraction of sp³-hybridized carbons (Fsp3) is 0.421. The molecule has 0 aliphatic carbocycles. The first-order valence-corrected chi connectivity index (χ1v) is 9.61. The summed E-state index contributed by atoms with van der Waals surface area (Å²) in [6.45, 7) is 3.12. The first-order valence-electron chi connectivity index (χ1n) is 8.42. The van der Waals surface area contributed by atoms with Gasteiger partial charge in [0.25, 0.3) is 5.91 Å². The van der Waals surface area contributed by atoms with E-state index in [1.54, 1.807) is 6.07 Å². The van der Waals surface area contributed by atoms with Gasteiger partial charge < -0.3 is 9.80 Å². The van der Waals surface area contributed by atoms with Gasteiger partial charge in [0.2, 0.25) is 0 Å². The smallest absolute Gasteiger partial charge is 0.264 e. The molecule has 3 nitrogen and oxygen atoms in total. The molecular formula is C19H23ClN2OS. The second-order valence-electron chi connectivity index (χ2n) is 6.35. The zero-order valence-corrected chi connectivity index (χ0v) is 15.5. The fourth-order valence-corrected chi connectivity index (χ4v) is 4.28. The van der Waals surface area contributed by atoms with Gasteiger partial charge in [-0.3, -0.25) is 4.79 Å². The van der Waals surface area contributed by atoms with Crippen LogP contribution in [-0.2, 0) is 6.42 Å². The molecule has 1 aromatic heterocycles. The molecule has 5 heteroatoms. The molecule has 0 bridgehead atoms. The Labute approximate surface area is 152 Å². The van der Waals surface area contributed by atoms with Crippen molar-refractivity contribution in [2.45, 2.75) is 25.3 Å². The van der Waals surface area contributed by atoms with E-state index in [1.165, 1.54) is 16.9 Å². The molecule has 128 valence electrons.